The third kappa shape index (κ3) is 3.21. The van der Waals surface area contributed by atoms with Crippen molar-refractivity contribution in [3.63, 3.8) is 0 Å². The molecule has 2 rings (SSSR count). The van der Waals surface area contributed by atoms with Crippen LogP contribution in [0.2, 0.25) is 0 Å². The predicted molar refractivity (Wildman–Crippen MR) is 70.8 cm³/mol. The van der Waals surface area contributed by atoms with E-state index in [4.69, 9.17) is 4.74 Å². The number of ether oxygens (including phenoxy) is 1. The van der Waals surface area contributed by atoms with Crippen LogP contribution in [0.1, 0.15) is 30.3 Å². The number of aromatic nitrogens is 1. The van der Waals surface area contributed by atoms with Crippen LogP contribution in [-0.4, -0.2) is 47.6 Å². The Labute approximate surface area is 109 Å². The maximum atomic E-state index is 12.2. The zero-order valence-electron chi connectivity index (χ0n) is 11.3. The number of likely N-dealkylation sites (tertiary alicyclic amines) is 1. The topological polar surface area (TPSA) is 34.5 Å². The number of nitrogens with zero attached hydrogens (tertiary/aromatic N) is 2. The Balaban J connectivity index is 1.89. The molecule has 0 spiro atoms. The van der Waals surface area contributed by atoms with Crippen molar-refractivity contribution in [2.75, 3.05) is 26.2 Å². The molecule has 4 nitrogen and oxygen atoms in total. The lowest BCUT2D eigenvalue weighted by atomic mass is 10.1. The second-order valence-electron chi connectivity index (χ2n) is 4.88. The Kier molecular flexibility index (Phi) is 4.55. The van der Waals surface area contributed by atoms with E-state index in [1.54, 1.807) is 0 Å². The molecule has 1 fully saturated rings. The van der Waals surface area contributed by atoms with Gasteiger partial charge in [-0.25, -0.2) is 0 Å². The minimum Gasteiger partial charge on any atom is -0.377 e. The van der Waals surface area contributed by atoms with E-state index in [1.807, 2.05) is 36.9 Å². The van der Waals surface area contributed by atoms with E-state index < -0.39 is 0 Å². The van der Waals surface area contributed by atoms with Crippen LogP contribution >= 0.6 is 0 Å². The van der Waals surface area contributed by atoms with E-state index in [-0.39, 0.29) is 5.78 Å². The SMILES string of the molecule is CCOC1CCCN(CC(=O)c2cccn2C)C1. The van der Waals surface area contributed by atoms with Crippen LogP contribution in [0.4, 0.5) is 0 Å². The summed E-state index contributed by atoms with van der Waals surface area (Å²) in [4.78, 5) is 14.4. The van der Waals surface area contributed by atoms with Crippen LogP contribution in [-0.2, 0) is 11.8 Å². The van der Waals surface area contributed by atoms with Gasteiger partial charge in [-0.3, -0.25) is 9.69 Å². The molecule has 0 amide bonds. The van der Waals surface area contributed by atoms with Crippen LogP contribution in [0.15, 0.2) is 18.3 Å². The van der Waals surface area contributed by atoms with Crippen molar-refractivity contribution in [1.29, 1.82) is 0 Å². The summed E-state index contributed by atoms with van der Waals surface area (Å²) in [7, 11) is 1.91. The number of rotatable bonds is 5. The fraction of sp³-hybridized carbons (Fsp3) is 0.643. The van der Waals surface area contributed by atoms with Crippen molar-refractivity contribution in [1.82, 2.24) is 9.47 Å². The van der Waals surface area contributed by atoms with E-state index in [1.165, 1.54) is 0 Å². The molecule has 1 atom stereocenters. The normalized spacial score (nSPS) is 21.1. The van der Waals surface area contributed by atoms with Gasteiger partial charge in [0.15, 0.2) is 5.78 Å². The summed E-state index contributed by atoms with van der Waals surface area (Å²) < 4.78 is 7.53. The van der Waals surface area contributed by atoms with Crippen LogP contribution in [0.5, 0.6) is 0 Å². The number of hydrogen-bond acceptors (Lipinski definition) is 3. The highest BCUT2D eigenvalue weighted by atomic mass is 16.5. The molecule has 0 N–H and O–H groups in total. The van der Waals surface area contributed by atoms with E-state index in [2.05, 4.69) is 4.90 Å². The average Bonchev–Trinajstić information content (AvgIpc) is 2.76. The van der Waals surface area contributed by atoms with Crippen LogP contribution in [0.25, 0.3) is 0 Å². The fourth-order valence-electron chi connectivity index (χ4n) is 2.56. The Bertz CT molecular complexity index is 398. The molecule has 0 saturated carbocycles. The lowest BCUT2D eigenvalue weighted by Crippen LogP contribution is -2.42. The van der Waals surface area contributed by atoms with Gasteiger partial charge in [-0.05, 0) is 38.4 Å². The number of hydrogen-bond donors (Lipinski definition) is 0. The summed E-state index contributed by atoms with van der Waals surface area (Å²) in [6.07, 6.45) is 4.44. The molecule has 2 heterocycles. The molecule has 0 bridgehead atoms. The van der Waals surface area contributed by atoms with Gasteiger partial charge in [0.2, 0.25) is 0 Å². The third-order valence-electron chi connectivity index (χ3n) is 3.46. The standard InChI is InChI=1S/C14H22N2O2/c1-3-18-12-6-4-9-16(10-12)11-14(17)13-7-5-8-15(13)2/h5,7-8,12H,3-4,6,9-11H2,1-2H3. The maximum Gasteiger partial charge on any atom is 0.193 e. The zero-order valence-corrected chi connectivity index (χ0v) is 11.3. The Morgan fingerprint density at radius 1 is 1.56 bits per heavy atom. The van der Waals surface area contributed by atoms with E-state index in [0.717, 1.165) is 38.2 Å². The fourth-order valence-corrected chi connectivity index (χ4v) is 2.56. The van der Waals surface area contributed by atoms with E-state index in [9.17, 15) is 4.79 Å². The molecule has 4 heteroatoms. The minimum absolute atomic E-state index is 0.194. The van der Waals surface area contributed by atoms with Crippen LogP contribution in [0.3, 0.4) is 0 Å². The van der Waals surface area contributed by atoms with Gasteiger partial charge in [-0.1, -0.05) is 0 Å². The van der Waals surface area contributed by atoms with Crippen LogP contribution < -0.4 is 0 Å². The van der Waals surface area contributed by atoms with Crippen LogP contribution in [0, 0.1) is 0 Å². The molecule has 0 radical (unpaired) electrons. The van der Waals surface area contributed by atoms with Gasteiger partial charge in [0.1, 0.15) is 0 Å². The molecule has 1 aliphatic rings. The summed E-state index contributed by atoms with van der Waals surface area (Å²) in [6.45, 7) is 5.16. The number of carbonyl (C=O) groups excluding carboxylic acids is 1. The molecule has 1 aromatic rings. The quantitative estimate of drug-likeness (QED) is 0.746. The summed E-state index contributed by atoms with van der Waals surface area (Å²) in [5.74, 6) is 0.194. The monoisotopic (exact) mass is 250 g/mol. The Morgan fingerprint density at radius 3 is 3.06 bits per heavy atom. The van der Waals surface area contributed by atoms with E-state index >= 15 is 0 Å². The molecule has 1 aliphatic heterocycles. The Hall–Kier alpha value is -1.13. The molecule has 18 heavy (non-hydrogen) atoms. The largest absolute Gasteiger partial charge is 0.377 e. The first-order valence-corrected chi connectivity index (χ1v) is 6.69. The molecule has 1 unspecified atom stereocenters. The molecule has 0 aromatic carbocycles. The van der Waals surface area contributed by atoms with Gasteiger partial charge in [0, 0.05) is 26.4 Å². The van der Waals surface area contributed by atoms with Crippen molar-refractivity contribution >= 4 is 5.78 Å². The average molecular weight is 250 g/mol. The minimum atomic E-state index is 0.194. The number of piperidine rings is 1. The maximum absolute atomic E-state index is 12.2. The molecule has 1 saturated heterocycles. The second-order valence-corrected chi connectivity index (χ2v) is 4.88. The first-order chi connectivity index (χ1) is 8.70. The first-order valence-electron chi connectivity index (χ1n) is 6.69. The predicted octanol–water partition coefficient (Wildman–Crippen LogP) is 1.71. The van der Waals surface area contributed by atoms with Crippen molar-refractivity contribution in [2.45, 2.75) is 25.9 Å². The number of ketones is 1. The highest BCUT2D eigenvalue weighted by molar-refractivity contribution is 5.96. The Morgan fingerprint density at radius 2 is 2.39 bits per heavy atom. The van der Waals surface area contributed by atoms with Crippen molar-refractivity contribution < 1.29 is 9.53 Å². The van der Waals surface area contributed by atoms with E-state index in [0.29, 0.717) is 12.6 Å². The lowest BCUT2D eigenvalue weighted by molar-refractivity contribution is 0.00711. The lowest BCUT2D eigenvalue weighted by Gasteiger charge is -2.31. The molecule has 0 aliphatic carbocycles. The second kappa shape index (κ2) is 6.16. The molecular weight excluding hydrogens is 228 g/mol. The van der Waals surface area contributed by atoms with Crippen molar-refractivity contribution in [3.05, 3.63) is 24.0 Å². The number of carbonyl (C=O) groups is 1. The van der Waals surface area contributed by atoms with Crippen molar-refractivity contribution in [3.8, 4) is 0 Å². The highest BCUT2D eigenvalue weighted by Crippen LogP contribution is 2.14. The van der Waals surface area contributed by atoms with Crippen molar-refractivity contribution in [2.24, 2.45) is 7.05 Å². The number of aryl methyl sites for hydroxylation is 1. The van der Waals surface area contributed by atoms with Gasteiger partial charge in [-0.15, -0.1) is 0 Å². The van der Waals surface area contributed by atoms with Gasteiger partial charge in [0.05, 0.1) is 18.3 Å². The smallest absolute Gasteiger partial charge is 0.193 e. The van der Waals surface area contributed by atoms with Gasteiger partial charge in [-0.2, -0.15) is 0 Å². The molecule has 1 aromatic heterocycles. The zero-order chi connectivity index (χ0) is 13.0. The summed E-state index contributed by atoms with van der Waals surface area (Å²) >= 11 is 0. The third-order valence-corrected chi connectivity index (χ3v) is 3.46. The summed E-state index contributed by atoms with van der Waals surface area (Å²) in [5, 5.41) is 0. The number of Topliss-reactive ketones (excluding diaryl/α,β-unsaturated/α-hetero) is 1. The highest BCUT2D eigenvalue weighted by Gasteiger charge is 2.22. The van der Waals surface area contributed by atoms with Gasteiger partial charge < -0.3 is 9.30 Å². The molecular formula is C14H22N2O2. The van der Waals surface area contributed by atoms with Gasteiger partial charge >= 0.3 is 0 Å². The summed E-state index contributed by atoms with van der Waals surface area (Å²) in [5.41, 5.74) is 0.786. The van der Waals surface area contributed by atoms with Gasteiger partial charge in [0.25, 0.3) is 0 Å². The molecule has 100 valence electrons. The summed E-state index contributed by atoms with van der Waals surface area (Å²) in [6, 6.07) is 3.79. The first kappa shape index (κ1) is 13.3.